The van der Waals surface area contributed by atoms with E-state index in [2.05, 4.69) is 19.6 Å². The molecule has 2 nitrogen and oxygen atoms in total. The van der Waals surface area contributed by atoms with Crippen LogP contribution in [0.1, 0.15) is 26.2 Å². The van der Waals surface area contributed by atoms with Crippen molar-refractivity contribution in [1.82, 2.24) is 0 Å². The average Bonchev–Trinajstić information content (AvgIpc) is 1.89. The molecule has 0 atom stereocenters. The average molecular weight is 161 g/mol. The molecule has 0 saturated carbocycles. The minimum atomic E-state index is -0.163. The maximum Gasteiger partial charge on any atom is 0.306 e. The van der Waals surface area contributed by atoms with E-state index < -0.39 is 0 Å². The maximum absolute atomic E-state index is 10.6. The number of carbonyl (C=O) groups excluding carboxylic acids is 1. The third-order valence-electron chi connectivity index (χ3n) is 1.07. The van der Waals surface area contributed by atoms with Gasteiger partial charge in [0.25, 0.3) is 0 Å². The molecule has 0 amide bonds. The van der Waals surface area contributed by atoms with Gasteiger partial charge in [-0.25, -0.2) is 0 Å². The summed E-state index contributed by atoms with van der Waals surface area (Å²) < 4.78 is 4.82. The molecule has 0 saturated heterocycles. The van der Waals surface area contributed by atoms with Gasteiger partial charge in [-0.1, -0.05) is 26.0 Å². The molecule has 1 radical (unpaired) electrons. The summed E-state index contributed by atoms with van der Waals surface area (Å²) in [5, 5.41) is 0. The number of esters is 1. The quantitative estimate of drug-likeness (QED) is 0.455. The van der Waals surface area contributed by atoms with Crippen LogP contribution in [0, 0.1) is 0 Å². The van der Waals surface area contributed by atoms with Crippen LogP contribution < -0.4 is 0 Å². The molecular weight excluding hydrogens is 148 g/mol. The van der Waals surface area contributed by atoms with Crippen LogP contribution in [0.5, 0.6) is 0 Å². The zero-order valence-electron chi connectivity index (χ0n) is 6.26. The van der Waals surface area contributed by atoms with Crippen molar-refractivity contribution in [3.8, 4) is 0 Å². The molecule has 0 aliphatic carbocycles. The van der Waals surface area contributed by atoms with Crippen molar-refractivity contribution in [2.45, 2.75) is 26.2 Å². The van der Waals surface area contributed by atoms with E-state index in [1.807, 2.05) is 0 Å². The molecule has 0 aliphatic heterocycles. The fourth-order valence-corrected chi connectivity index (χ4v) is 0.653. The summed E-state index contributed by atoms with van der Waals surface area (Å²) in [6, 6.07) is 0. The van der Waals surface area contributed by atoms with Gasteiger partial charge in [-0.2, -0.15) is 0 Å². The summed E-state index contributed by atoms with van der Waals surface area (Å²) in [7, 11) is 0. The molecule has 0 unspecified atom stereocenters. The summed E-state index contributed by atoms with van der Waals surface area (Å²) in [4.78, 5) is 10.6. The van der Waals surface area contributed by atoms with Gasteiger partial charge in [0, 0.05) is 5.75 Å². The number of rotatable bonds is 5. The molecule has 0 aromatic rings. The first-order valence-electron chi connectivity index (χ1n) is 3.55. The molecule has 0 aliphatic rings. The summed E-state index contributed by atoms with van der Waals surface area (Å²) >= 11 is 4.61. The summed E-state index contributed by atoms with van der Waals surface area (Å²) in [6.45, 7) is 2.60. The van der Waals surface area contributed by atoms with Gasteiger partial charge in [0.2, 0.25) is 0 Å². The lowest BCUT2D eigenvalue weighted by atomic mass is 10.4. The van der Waals surface area contributed by atoms with E-state index >= 15 is 0 Å². The van der Waals surface area contributed by atoms with Crippen LogP contribution in [-0.4, -0.2) is 18.3 Å². The van der Waals surface area contributed by atoms with Crippen LogP contribution in [0.15, 0.2) is 0 Å². The number of hydrogen-bond donors (Lipinski definition) is 0. The summed E-state index contributed by atoms with van der Waals surface area (Å²) in [5.41, 5.74) is 0. The van der Waals surface area contributed by atoms with E-state index in [1.165, 1.54) is 0 Å². The van der Waals surface area contributed by atoms with Crippen LogP contribution in [0.4, 0.5) is 0 Å². The second-order valence-electron chi connectivity index (χ2n) is 2.03. The Bertz CT molecular complexity index is 93.6. The largest absolute Gasteiger partial charge is 0.466 e. The lowest BCUT2D eigenvalue weighted by Crippen LogP contribution is -2.05. The monoisotopic (exact) mass is 161 g/mol. The molecule has 10 heavy (non-hydrogen) atoms. The van der Waals surface area contributed by atoms with Crippen molar-refractivity contribution in [2.24, 2.45) is 0 Å². The van der Waals surface area contributed by atoms with Gasteiger partial charge in [-0.15, -0.1) is 0 Å². The highest BCUT2D eigenvalue weighted by molar-refractivity contribution is 7.80. The van der Waals surface area contributed by atoms with E-state index in [1.54, 1.807) is 0 Å². The van der Waals surface area contributed by atoms with E-state index in [4.69, 9.17) is 4.74 Å². The van der Waals surface area contributed by atoms with Crippen molar-refractivity contribution >= 4 is 18.6 Å². The Kier molecular flexibility index (Phi) is 6.81. The Morgan fingerprint density at radius 3 is 2.80 bits per heavy atom. The van der Waals surface area contributed by atoms with Gasteiger partial charge in [0.05, 0.1) is 13.0 Å². The first kappa shape index (κ1) is 9.82. The SMILES string of the molecule is CCCCOC(=O)CC[S]. The van der Waals surface area contributed by atoms with Gasteiger partial charge in [-0.05, 0) is 6.42 Å². The van der Waals surface area contributed by atoms with Gasteiger partial charge in [0.1, 0.15) is 0 Å². The first-order chi connectivity index (χ1) is 4.81. The van der Waals surface area contributed by atoms with Crippen molar-refractivity contribution in [3.63, 3.8) is 0 Å². The zero-order valence-corrected chi connectivity index (χ0v) is 7.08. The molecule has 0 heterocycles. The van der Waals surface area contributed by atoms with Crippen molar-refractivity contribution in [2.75, 3.05) is 12.4 Å². The minimum absolute atomic E-state index is 0.163. The summed E-state index contributed by atoms with van der Waals surface area (Å²) in [5.74, 6) is 0.300. The highest BCUT2D eigenvalue weighted by Crippen LogP contribution is 1.92. The Hall–Kier alpha value is -0.180. The van der Waals surface area contributed by atoms with Gasteiger partial charge >= 0.3 is 5.97 Å². The van der Waals surface area contributed by atoms with Crippen LogP contribution in [0.25, 0.3) is 0 Å². The van der Waals surface area contributed by atoms with Crippen molar-refractivity contribution < 1.29 is 9.53 Å². The van der Waals surface area contributed by atoms with E-state index in [9.17, 15) is 4.79 Å². The Balaban J connectivity index is 3.05. The molecule has 0 aromatic carbocycles. The third-order valence-corrected chi connectivity index (χ3v) is 1.27. The molecule has 3 heteroatoms. The van der Waals surface area contributed by atoms with Gasteiger partial charge in [-0.3, -0.25) is 4.79 Å². The topological polar surface area (TPSA) is 26.3 Å². The number of ether oxygens (including phenoxy) is 1. The van der Waals surface area contributed by atoms with Crippen LogP contribution in [0.3, 0.4) is 0 Å². The normalized spacial score (nSPS) is 9.40. The smallest absolute Gasteiger partial charge is 0.306 e. The van der Waals surface area contributed by atoms with Gasteiger partial charge in [0.15, 0.2) is 0 Å². The molecule has 0 spiro atoms. The van der Waals surface area contributed by atoms with Crippen LogP contribution in [0.2, 0.25) is 0 Å². The zero-order chi connectivity index (χ0) is 7.82. The highest BCUT2D eigenvalue weighted by atomic mass is 32.1. The Morgan fingerprint density at radius 1 is 1.60 bits per heavy atom. The van der Waals surface area contributed by atoms with Crippen LogP contribution >= 0.6 is 12.6 Å². The van der Waals surface area contributed by atoms with Gasteiger partial charge < -0.3 is 4.74 Å². The lowest BCUT2D eigenvalue weighted by Gasteiger charge is -2.00. The Labute approximate surface area is 67.4 Å². The Morgan fingerprint density at radius 2 is 2.30 bits per heavy atom. The fourth-order valence-electron chi connectivity index (χ4n) is 0.486. The molecule has 0 fully saturated rings. The minimum Gasteiger partial charge on any atom is -0.466 e. The second-order valence-corrected chi connectivity index (χ2v) is 2.44. The molecule has 59 valence electrons. The van der Waals surface area contributed by atoms with E-state index in [0.717, 1.165) is 12.8 Å². The fraction of sp³-hybridized carbons (Fsp3) is 0.857. The van der Waals surface area contributed by atoms with E-state index in [-0.39, 0.29) is 5.97 Å². The predicted molar refractivity (Wildman–Crippen MR) is 42.9 cm³/mol. The van der Waals surface area contributed by atoms with Crippen molar-refractivity contribution in [1.29, 1.82) is 0 Å². The van der Waals surface area contributed by atoms with E-state index in [0.29, 0.717) is 18.8 Å². The van der Waals surface area contributed by atoms with Crippen LogP contribution in [-0.2, 0) is 9.53 Å². The standard InChI is InChI=1S/C7H13O2S/c1-2-3-5-9-7(8)4-6-10/h2-6H2,1H3. The third kappa shape index (κ3) is 5.95. The number of unbranched alkanes of at least 4 members (excludes halogenated alkanes) is 1. The number of hydrogen-bond acceptors (Lipinski definition) is 2. The second kappa shape index (κ2) is 6.93. The summed E-state index contributed by atoms with van der Waals surface area (Å²) in [6.07, 6.45) is 2.38. The molecule has 0 bridgehead atoms. The van der Waals surface area contributed by atoms with Crippen molar-refractivity contribution in [3.05, 3.63) is 0 Å². The first-order valence-corrected chi connectivity index (χ1v) is 4.12. The molecule has 0 N–H and O–H groups in total. The lowest BCUT2D eigenvalue weighted by molar-refractivity contribution is -0.143. The maximum atomic E-state index is 10.6. The predicted octanol–water partition coefficient (Wildman–Crippen LogP) is 1.92. The number of carbonyl (C=O) groups is 1. The highest BCUT2D eigenvalue weighted by Gasteiger charge is 1.98. The molecule has 0 rings (SSSR count). The molecular formula is C7H13O2S. The molecule has 0 aromatic heterocycles.